The van der Waals surface area contributed by atoms with E-state index in [9.17, 15) is 4.79 Å². The minimum absolute atomic E-state index is 0.497. The van der Waals surface area contributed by atoms with Crippen molar-refractivity contribution in [3.8, 4) is 11.8 Å². The Morgan fingerprint density at radius 3 is 3.21 bits per heavy atom. The van der Waals surface area contributed by atoms with Crippen molar-refractivity contribution in [2.24, 2.45) is 0 Å². The number of methoxy groups -OCH3 is 1. The minimum atomic E-state index is -0.497. The molecule has 0 fully saturated rings. The number of thioether (sulfide) groups is 1. The Kier molecular flexibility index (Phi) is 4.73. The molecule has 14 heavy (non-hydrogen) atoms. The van der Waals surface area contributed by atoms with Crippen LogP contribution in [-0.2, 0) is 15.3 Å². The van der Waals surface area contributed by atoms with Gasteiger partial charge in [-0.05, 0) is 12.1 Å². The van der Waals surface area contributed by atoms with Crippen LogP contribution in [0, 0.1) is 11.8 Å². The maximum Gasteiger partial charge on any atom is 0.384 e. The van der Waals surface area contributed by atoms with Crippen LogP contribution in [-0.4, -0.2) is 18.8 Å². The maximum absolute atomic E-state index is 10.6. The summed E-state index contributed by atoms with van der Waals surface area (Å²) in [5.41, 5.74) is 0. The number of carbonyl (C=O) groups excluding carboxylic acids is 1. The molecule has 0 aliphatic rings. The fraction of sp³-hybridized carbons (Fsp3) is 0.300. The summed E-state index contributed by atoms with van der Waals surface area (Å²) in [5, 5.41) is 0. The number of hydrogen-bond acceptors (Lipinski definition) is 4. The fourth-order valence-corrected chi connectivity index (χ4v) is 1.40. The summed E-state index contributed by atoms with van der Waals surface area (Å²) < 4.78 is 9.48. The second-order valence-electron chi connectivity index (χ2n) is 2.37. The highest BCUT2D eigenvalue weighted by Crippen LogP contribution is 2.11. The smallest absolute Gasteiger partial charge is 0.384 e. The van der Waals surface area contributed by atoms with Crippen LogP contribution in [0.3, 0.4) is 0 Å². The SMILES string of the molecule is COC(=O)C#CCSCc1ccco1. The Hall–Kier alpha value is -1.34. The highest BCUT2D eigenvalue weighted by atomic mass is 32.2. The van der Waals surface area contributed by atoms with Gasteiger partial charge < -0.3 is 9.15 Å². The molecule has 0 saturated heterocycles. The van der Waals surface area contributed by atoms with E-state index in [4.69, 9.17) is 4.42 Å². The van der Waals surface area contributed by atoms with Gasteiger partial charge in [-0.3, -0.25) is 0 Å². The summed E-state index contributed by atoms with van der Waals surface area (Å²) in [5.74, 6) is 6.82. The normalized spacial score (nSPS) is 8.93. The standard InChI is InChI=1S/C10H10O3S/c1-12-10(11)5-3-7-14-8-9-4-2-6-13-9/h2,4,6H,7-8H2,1H3. The number of rotatable bonds is 3. The quantitative estimate of drug-likeness (QED) is 0.329. The molecule has 0 aromatic carbocycles. The molecule has 0 atom stereocenters. The van der Waals surface area contributed by atoms with Gasteiger partial charge in [0.2, 0.25) is 0 Å². The van der Waals surface area contributed by atoms with Crippen molar-refractivity contribution >= 4 is 17.7 Å². The molecular weight excluding hydrogens is 200 g/mol. The van der Waals surface area contributed by atoms with Crippen molar-refractivity contribution in [2.45, 2.75) is 5.75 Å². The molecule has 4 heteroatoms. The van der Waals surface area contributed by atoms with Crippen LogP contribution >= 0.6 is 11.8 Å². The van der Waals surface area contributed by atoms with E-state index in [1.807, 2.05) is 12.1 Å². The summed E-state index contributed by atoms with van der Waals surface area (Å²) in [4.78, 5) is 10.6. The topological polar surface area (TPSA) is 39.4 Å². The molecular formula is C10H10O3S. The molecule has 0 saturated carbocycles. The van der Waals surface area contributed by atoms with Gasteiger partial charge in [0.05, 0.1) is 24.9 Å². The van der Waals surface area contributed by atoms with Gasteiger partial charge in [-0.2, -0.15) is 0 Å². The zero-order chi connectivity index (χ0) is 10.2. The van der Waals surface area contributed by atoms with E-state index in [2.05, 4.69) is 16.6 Å². The Morgan fingerprint density at radius 2 is 2.57 bits per heavy atom. The van der Waals surface area contributed by atoms with Crippen molar-refractivity contribution < 1.29 is 13.9 Å². The first-order valence-electron chi connectivity index (χ1n) is 4.00. The second kappa shape index (κ2) is 6.17. The molecule has 0 bridgehead atoms. The summed E-state index contributed by atoms with van der Waals surface area (Å²) in [6, 6.07) is 3.75. The van der Waals surface area contributed by atoms with Gasteiger partial charge in [-0.25, -0.2) is 4.79 Å². The first-order valence-corrected chi connectivity index (χ1v) is 5.15. The van der Waals surface area contributed by atoms with Crippen molar-refractivity contribution in [3.05, 3.63) is 24.2 Å². The zero-order valence-electron chi connectivity index (χ0n) is 7.78. The Morgan fingerprint density at radius 1 is 1.71 bits per heavy atom. The van der Waals surface area contributed by atoms with Gasteiger partial charge in [-0.15, -0.1) is 11.8 Å². The molecule has 1 heterocycles. The van der Waals surface area contributed by atoms with Gasteiger partial charge in [0, 0.05) is 5.92 Å². The lowest BCUT2D eigenvalue weighted by molar-refractivity contribution is -0.133. The van der Waals surface area contributed by atoms with Gasteiger partial charge in [0.25, 0.3) is 0 Å². The minimum Gasteiger partial charge on any atom is -0.468 e. The third-order valence-corrected chi connectivity index (χ3v) is 2.21. The van der Waals surface area contributed by atoms with E-state index < -0.39 is 5.97 Å². The van der Waals surface area contributed by atoms with Crippen LogP contribution in [0.15, 0.2) is 22.8 Å². The van der Waals surface area contributed by atoms with Gasteiger partial charge >= 0.3 is 5.97 Å². The zero-order valence-corrected chi connectivity index (χ0v) is 8.60. The van der Waals surface area contributed by atoms with E-state index in [0.29, 0.717) is 5.75 Å². The highest BCUT2D eigenvalue weighted by molar-refractivity contribution is 7.98. The predicted octanol–water partition coefficient (Wildman–Crippen LogP) is 1.69. The molecule has 0 radical (unpaired) electrons. The van der Waals surface area contributed by atoms with Gasteiger partial charge in [0.1, 0.15) is 5.76 Å². The van der Waals surface area contributed by atoms with Crippen molar-refractivity contribution in [3.63, 3.8) is 0 Å². The molecule has 1 aromatic rings. The van der Waals surface area contributed by atoms with E-state index >= 15 is 0 Å². The fourth-order valence-electron chi connectivity index (χ4n) is 0.757. The van der Waals surface area contributed by atoms with E-state index in [1.54, 1.807) is 18.0 Å². The second-order valence-corrected chi connectivity index (χ2v) is 3.35. The first-order chi connectivity index (χ1) is 6.83. The van der Waals surface area contributed by atoms with Crippen LogP contribution in [0.25, 0.3) is 0 Å². The molecule has 0 aliphatic carbocycles. The number of ether oxygens (including phenoxy) is 1. The maximum atomic E-state index is 10.6. The lowest BCUT2D eigenvalue weighted by atomic mass is 10.5. The largest absolute Gasteiger partial charge is 0.468 e. The van der Waals surface area contributed by atoms with Crippen molar-refractivity contribution in [2.75, 3.05) is 12.9 Å². The molecule has 0 aliphatic heterocycles. The van der Waals surface area contributed by atoms with Crippen LogP contribution in [0.4, 0.5) is 0 Å². The lowest BCUT2D eigenvalue weighted by Crippen LogP contribution is -1.94. The Balaban J connectivity index is 2.15. The van der Waals surface area contributed by atoms with Crippen molar-refractivity contribution in [1.29, 1.82) is 0 Å². The Bertz CT molecular complexity index is 332. The summed E-state index contributed by atoms with van der Waals surface area (Å²) in [6.07, 6.45) is 1.63. The van der Waals surface area contributed by atoms with Crippen molar-refractivity contribution in [1.82, 2.24) is 0 Å². The number of furan rings is 1. The van der Waals surface area contributed by atoms with Crippen LogP contribution < -0.4 is 0 Å². The molecule has 1 rings (SSSR count). The van der Waals surface area contributed by atoms with E-state index in [-0.39, 0.29) is 0 Å². The van der Waals surface area contributed by atoms with Crippen LogP contribution in [0.1, 0.15) is 5.76 Å². The third kappa shape index (κ3) is 4.06. The molecule has 3 nitrogen and oxygen atoms in total. The monoisotopic (exact) mass is 210 g/mol. The van der Waals surface area contributed by atoms with Crippen LogP contribution in [0.2, 0.25) is 0 Å². The first kappa shape index (κ1) is 10.7. The van der Waals surface area contributed by atoms with Gasteiger partial charge in [0.15, 0.2) is 0 Å². The highest BCUT2D eigenvalue weighted by Gasteiger charge is 1.94. The molecule has 1 aromatic heterocycles. The van der Waals surface area contributed by atoms with E-state index in [0.717, 1.165) is 11.5 Å². The number of esters is 1. The number of hydrogen-bond donors (Lipinski definition) is 0. The third-order valence-electron chi connectivity index (χ3n) is 1.37. The predicted molar refractivity (Wildman–Crippen MR) is 54.7 cm³/mol. The average Bonchev–Trinajstić information content (AvgIpc) is 2.69. The van der Waals surface area contributed by atoms with Crippen LogP contribution in [0.5, 0.6) is 0 Å². The average molecular weight is 210 g/mol. The summed E-state index contributed by atoms with van der Waals surface area (Å²) >= 11 is 1.59. The molecule has 0 spiro atoms. The summed E-state index contributed by atoms with van der Waals surface area (Å²) in [7, 11) is 1.31. The summed E-state index contributed by atoms with van der Waals surface area (Å²) in [6.45, 7) is 0. The number of carbonyl (C=O) groups is 1. The molecule has 0 N–H and O–H groups in total. The molecule has 74 valence electrons. The van der Waals surface area contributed by atoms with Gasteiger partial charge in [-0.1, -0.05) is 5.92 Å². The lowest BCUT2D eigenvalue weighted by Gasteiger charge is -1.91. The molecule has 0 unspecified atom stereocenters. The van der Waals surface area contributed by atoms with E-state index in [1.165, 1.54) is 7.11 Å². The Labute approximate surface area is 86.8 Å². The molecule has 0 amide bonds.